The van der Waals surface area contributed by atoms with Crippen molar-refractivity contribution >= 4 is 27.9 Å². The van der Waals surface area contributed by atoms with Crippen LogP contribution in [0, 0.1) is 6.92 Å². The Morgan fingerprint density at radius 3 is 2.25 bits per heavy atom. The maximum Gasteiger partial charge on any atom is 0.335 e. The molecule has 0 radical (unpaired) electrons. The second-order valence-electron chi connectivity index (χ2n) is 7.69. The van der Waals surface area contributed by atoms with Crippen LogP contribution in [0.2, 0.25) is 0 Å². The van der Waals surface area contributed by atoms with Gasteiger partial charge in [-0.1, -0.05) is 29.8 Å². The van der Waals surface area contributed by atoms with Gasteiger partial charge < -0.3 is 15.5 Å². The van der Waals surface area contributed by atoms with Crippen molar-refractivity contribution in [3.63, 3.8) is 0 Å². The number of aryl methyl sites for hydroxylation is 1. The lowest BCUT2D eigenvalue weighted by Crippen LogP contribution is -2.51. The predicted octanol–water partition coefficient (Wildman–Crippen LogP) is 1.66. The Morgan fingerprint density at radius 2 is 1.69 bits per heavy atom. The van der Waals surface area contributed by atoms with Crippen LogP contribution in [0.1, 0.15) is 34.3 Å². The van der Waals surface area contributed by atoms with Gasteiger partial charge in [-0.25, -0.2) is 18.0 Å². The van der Waals surface area contributed by atoms with Crippen LogP contribution in [0.15, 0.2) is 53.4 Å². The van der Waals surface area contributed by atoms with E-state index < -0.39 is 40.0 Å². The molecule has 3 N–H and O–H groups in total. The standard InChI is InChI=1S/C22H24N2O7S/c1-14-4-10-17(11-5-14)32(30,31)24-12-2-3-19(24)20(25)23-18(22(28)29)13-15-6-8-16(9-7-15)21(26)27/h4-11,18-19H,2-3,12-13H2,1H3,(H,23,25)(H,26,27)(H,28,29)/t18-,19-/m0/s1. The lowest BCUT2D eigenvalue weighted by Gasteiger charge is -2.25. The van der Waals surface area contributed by atoms with Gasteiger partial charge in [-0.15, -0.1) is 0 Å². The van der Waals surface area contributed by atoms with Gasteiger partial charge in [0.2, 0.25) is 15.9 Å². The summed E-state index contributed by atoms with van der Waals surface area (Å²) in [5.41, 5.74) is 1.49. The summed E-state index contributed by atoms with van der Waals surface area (Å²) in [6.07, 6.45) is 0.701. The monoisotopic (exact) mass is 460 g/mol. The smallest absolute Gasteiger partial charge is 0.335 e. The van der Waals surface area contributed by atoms with Crippen molar-refractivity contribution in [1.82, 2.24) is 9.62 Å². The molecule has 1 heterocycles. The summed E-state index contributed by atoms with van der Waals surface area (Å²) in [7, 11) is -3.91. The first kappa shape index (κ1) is 23.4. The number of hydrogen-bond donors (Lipinski definition) is 3. The summed E-state index contributed by atoms with van der Waals surface area (Å²) in [6.45, 7) is 2.01. The average molecular weight is 461 g/mol. The summed E-state index contributed by atoms with van der Waals surface area (Å²) >= 11 is 0. The Kier molecular flexibility index (Phi) is 6.95. The highest BCUT2D eigenvalue weighted by Crippen LogP contribution is 2.26. The van der Waals surface area contributed by atoms with Gasteiger partial charge in [0.1, 0.15) is 12.1 Å². The highest BCUT2D eigenvalue weighted by molar-refractivity contribution is 7.89. The van der Waals surface area contributed by atoms with Crippen molar-refractivity contribution in [1.29, 1.82) is 0 Å². The molecule has 10 heteroatoms. The Hall–Kier alpha value is -3.24. The molecule has 0 saturated carbocycles. The average Bonchev–Trinajstić information content (AvgIpc) is 3.25. The number of carboxylic acids is 2. The summed E-state index contributed by atoms with van der Waals surface area (Å²) in [6, 6.07) is 9.70. The second kappa shape index (κ2) is 9.49. The van der Waals surface area contributed by atoms with Crippen molar-refractivity contribution < 1.29 is 33.0 Å². The number of nitrogens with one attached hydrogen (secondary N) is 1. The quantitative estimate of drug-likeness (QED) is 0.544. The molecule has 1 aliphatic heterocycles. The van der Waals surface area contributed by atoms with Gasteiger partial charge in [0.15, 0.2) is 0 Å². The Labute approximate surface area is 185 Å². The fourth-order valence-corrected chi connectivity index (χ4v) is 5.28. The van der Waals surface area contributed by atoms with Crippen molar-refractivity contribution in [2.45, 2.75) is 43.2 Å². The van der Waals surface area contributed by atoms with E-state index in [0.717, 1.165) is 9.87 Å². The lowest BCUT2D eigenvalue weighted by molar-refractivity contribution is -0.142. The number of amides is 1. The number of aromatic carboxylic acids is 1. The van der Waals surface area contributed by atoms with E-state index >= 15 is 0 Å². The Balaban J connectivity index is 1.74. The van der Waals surface area contributed by atoms with Crippen molar-refractivity contribution in [2.24, 2.45) is 0 Å². The molecule has 170 valence electrons. The van der Waals surface area contributed by atoms with Crippen molar-refractivity contribution in [3.05, 3.63) is 65.2 Å². The topological polar surface area (TPSA) is 141 Å². The highest BCUT2D eigenvalue weighted by atomic mass is 32.2. The molecule has 1 saturated heterocycles. The van der Waals surface area contributed by atoms with Gasteiger partial charge >= 0.3 is 11.9 Å². The molecular weight excluding hydrogens is 436 g/mol. The first-order valence-corrected chi connectivity index (χ1v) is 11.5. The minimum absolute atomic E-state index is 0.0626. The van der Waals surface area contributed by atoms with Crippen LogP contribution in [-0.2, 0) is 26.0 Å². The van der Waals surface area contributed by atoms with E-state index in [1.807, 2.05) is 6.92 Å². The maximum atomic E-state index is 13.0. The molecule has 2 aromatic carbocycles. The molecule has 0 spiro atoms. The molecule has 0 aliphatic carbocycles. The second-order valence-corrected chi connectivity index (χ2v) is 9.58. The molecule has 1 fully saturated rings. The van der Waals surface area contributed by atoms with Crippen LogP contribution in [0.25, 0.3) is 0 Å². The third-order valence-corrected chi connectivity index (χ3v) is 7.31. The molecule has 1 aliphatic rings. The zero-order valence-electron chi connectivity index (χ0n) is 17.4. The molecular formula is C22H24N2O7S. The normalized spacial score (nSPS) is 17.6. The number of benzene rings is 2. The molecule has 32 heavy (non-hydrogen) atoms. The third-order valence-electron chi connectivity index (χ3n) is 5.39. The molecule has 3 rings (SSSR count). The highest BCUT2D eigenvalue weighted by Gasteiger charge is 2.40. The molecule has 0 bridgehead atoms. The van der Waals surface area contributed by atoms with Gasteiger partial charge in [-0.3, -0.25) is 4.79 Å². The maximum absolute atomic E-state index is 13.0. The predicted molar refractivity (Wildman–Crippen MR) is 115 cm³/mol. The molecule has 1 amide bonds. The van der Waals surface area contributed by atoms with Gasteiger partial charge in [0.25, 0.3) is 0 Å². The summed E-state index contributed by atoms with van der Waals surface area (Å²) in [5, 5.41) is 21.0. The van der Waals surface area contributed by atoms with E-state index in [1.165, 1.54) is 36.4 Å². The number of carbonyl (C=O) groups excluding carboxylic acids is 1. The molecule has 2 aromatic rings. The number of rotatable bonds is 8. The number of aliphatic carboxylic acids is 1. The van der Waals surface area contributed by atoms with Crippen LogP contribution in [0.3, 0.4) is 0 Å². The SMILES string of the molecule is Cc1ccc(S(=O)(=O)N2CCC[C@H]2C(=O)N[C@@H](Cc2ccc(C(=O)O)cc2)C(=O)O)cc1. The molecule has 0 unspecified atom stereocenters. The lowest BCUT2D eigenvalue weighted by atomic mass is 10.0. The summed E-state index contributed by atoms with van der Waals surface area (Å²) in [5.74, 6) is -3.05. The minimum Gasteiger partial charge on any atom is -0.480 e. The molecule has 9 nitrogen and oxygen atoms in total. The van der Waals surface area contributed by atoms with Crippen molar-refractivity contribution in [2.75, 3.05) is 6.54 Å². The first-order valence-electron chi connectivity index (χ1n) is 10.0. The van der Waals surface area contributed by atoms with Crippen LogP contribution in [-0.4, -0.2) is 59.4 Å². The van der Waals surface area contributed by atoms with E-state index in [4.69, 9.17) is 5.11 Å². The number of carbonyl (C=O) groups is 3. The number of nitrogens with zero attached hydrogens (tertiary/aromatic N) is 1. The fourth-order valence-electron chi connectivity index (χ4n) is 3.62. The largest absolute Gasteiger partial charge is 0.480 e. The summed E-state index contributed by atoms with van der Waals surface area (Å²) in [4.78, 5) is 35.6. The van der Waals surface area contributed by atoms with Crippen LogP contribution >= 0.6 is 0 Å². The Bertz CT molecular complexity index is 1110. The zero-order valence-corrected chi connectivity index (χ0v) is 18.2. The van der Waals surface area contributed by atoms with Gasteiger partial charge in [0.05, 0.1) is 10.5 Å². The van der Waals surface area contributed by atoms with Crippen molar-refractivity contribution in [3.8, 4) is 0 Å². The van der Waals surface area contributed by atoms with Crippen LogP contribution in [0.4, 0.5) is 0 Å². The van der Waals surface area contributed by atoms with Crippen LogP contribution < -0.4 is 5.32 Å². The molecule has 2 atom stereocenters. The Morgan fingerprint density at radius 1 is 1.06 bits per heavy atom. The number of sulfonamides is 1. The van der Waals surface area contributed by atoms with E-state index in [2.05, 4.69) is 5.32 Å². The van der Waals surface area contributed by atoms with Gasteiger partial charge in [-0.2, -0.15) is 4.31 Å². The fraction of sp³-hybridized carbons (Fsp3) is 0.318. The third kappa shape index (κ3) is 5.14. The number of hydrogen-bond acceptors (Lipinski definition) is 5. The molecule has 0 aromatic heterocycles. The minimum atomic E-state index is -3.91. The zero-order chi connectivity index (χ0) is 23.5. The first-order chi connectivity index (χ1) is 15.1. The van der Waals surface area contributed by atoms with Gasteiger partial charge in [0, 0.05) is 13.0 Å². The van der Waals surface area contributed by atoms with E-state index in [1.54, 1.807) is 12.1 Å². The van der Waals surface area contributed by atoms with E-state index in [9.17, 15) is 27.9 Å². The van der Waals surface area contributed by atoms with Gasteiger partial charge in [-0.05, 0) is 49.6 Å². The van der Waals surface area contributed by atoms with E-state index in [-0.39, 0.29) is 29.8 Å². The van der Waals surface area contributed by atoms with Crippen LogP contribution in [0.5, 0.6) is 0 Å². The van der Waals surface area contributed by atoms with E-state index in [0.29, 0.717) is 12.0 Å². The summed E-state index contributed by atoms with van der Waals surface area (Å²) < 4.78 is 27.2. The number of carboxylic acid groups (broad SMARTS) is 2.